The van der Waals surface area contributed by atoms with Gasteiger partial charge in [-0.2, -0.15) is 0 Å². The van der Waals surface area contributed by atoms with Crippen LogP contribution in [0.1, 0.15) is 26.7 Å². The number of benzene rings is 1. The normalized spacial score (nSPS) is 11.9. The monoisotopic (exact) mass is 269 g/mol. The van der Waals surface area contributed by atoms with Gasteiger partial charge in [-0.1, -0.05) is 18.5 Å². The fourth-order valence-corrected chi connectivity index (χ4v) is 1.63. The van der Waals surface area contributed by atoms with Gasteiger partial charge in [0.2, 0.25) is 5.91 Å². The topological polar surface area (TPSA) is 67.2 Å². The number of anilines is 2. The molecule has 1 amide bonds. The zero-order valence-electron chi connectivity index (χ0n) is 10.8. The Morgan fingerprint density at radius 3 is 2.83 bits per heavy atom. The van der Waals surface area contributed by atoms with Crippen molar-refractivity contribution in [1.82, 2.24) is 5.32 Å². The molecule has 100 valence electrons. The van der Waals surface area contributed by atoms with E-state index in [2.05, 4.69) is 10.6 Å². The second kappa shape index (κ2) is 7.11. The molecule has 1 aromatic rings. The van der Waals surface area contributed by atoms with E-state index in [4.69, 9.17) is 17.3 Å². The first-order valence-corrected chi connectivity index (χ1v) is 6.49. The largest absolute Gasteiger partial charge is 0.397 e. The second-order valence-corrected chi connectivity index (χ2v) is 4.72. The highest BCUT2D eigenvalue weighted by Gasteiger charge is 2.05. The summed E-state index contributed by atoms with van der Waals surface area (Å²) in [6.45, 7) is 4.58. The molecule has 1 atom stereocenters. The number of halogens is 1. The molecule has 0 saturated carbocycles. The lowest BCUT2D eigenvalue weighted by atomic mass is 10.2. The van der Waals surface area contributed by atoms with Gasteiger partial charge in [0.25, 0.3) is 0 Å². The molecule has 5 heteroatoms. The fourth-order valence-electron chi connectivity index (χ4n) is 1.45. The SMILES string of the molecule is CCC(C)NC(=O)CCNc1ccc(Cl)cc1N. The second-order valence-electron chi connectivity index (χ2n) is 4.29. The van der Waals surface area contributed by atoms with Crippen molar-refractivity contribution in [3.63, 3.8) is 0 Å². The lowest BCUT2D eigenvalue weighted by Crippen LogP contribution is -2.32. The van der Waals surface area contributed by atoms with E-state index < -0.39 is 0 Å². The summed E-state index contributed by atoms with van der Waals surface area (Å²) in [7, 11) is 0. The maximum absolute atomic E-state index is 11.5. The number of carbonyl (C=O) groups is 1. The summed E-state index contributed by atoms with van der Waals surface area (Å²) in [4.78, 5) is 11.5. The molecular weight excluding hydrogens is 250 g/mol. The first-order chi connectivity index (χ1) is 8.52. The van der Waals surface area contributed by atoms with Crippen molar-refractivity contribution in [2.24, 2.45) is 0 Å². The first kappa shape index (κ1) is 14.6. The fraction of sp³-hybridized carbons (Fsp3) is 0.462. The van der Waals surface area contributed by atoms with Crippen molar-refractivity contribution in [3.05, 3.63) is 23.2 Å². The van der Waals surface area contributed by atoms with Crippen LogP contribution in [-0.4, -0.2) is 18.5 Å². The number of nitrogens with two attached hydrogens (primary N) is 1. The molecule has 1 rings (SSSR count). The van der Waals surface area contributed by atoms with Crippen molar-refractivity contribution < 1.29 is 4.79 Å². The van der Waals surface area contributed by atoms with Crippen molar-refractivity contribution >= 4 is 28.9 Å². The molecule has 0 bridgehead atoms. The van der Waals surface area contributed by atoms with E-state index >= 15 is 0 Å². The predicted octanol–water partition coefficient (Wildman–Crippen LogP) is 2.64. The molecule has 0 heterocycles. The van der Waals surface area contributed by atoms with Crippen LogP contribution < -0.4 is 16.4 Å². The minimum absolute atomic E-state index is 0.0457. The Kier molecular flexibility index (Phi) is 5.78. The van der Waals surface area contributed by atoms with Gasteiger partial charge >= 0.3 is 0 Å². The third-order valence-corrected chi connectivity index (χ3v) is 2.94. The van der Waals surface area contributed by atoms with Gasteiger partial charge in [-0.25, -0.2) is 0 Å². The van der Waals surface area contributed by atoms with Gasteiger partial charge in [0.15, 0.2) is 0 Å². The van der Waals surface area contributed by atoms with Crippen molar-refractivity contribution in [3.8, 4) is 0 Å². The van der Waals surface area contributed by atoms with Gasteiger partial charge in [0.05, 0.1) is 11.4 Å². The van der Waals surface area contributed by atoms with Crippen LogP contribution >= 0.6 is 11.6 Å². The summed E-state index contributed by atoms with van der Waals surface area (Å²) in [6.07, 6.45) is 1.36. The highest BCUT2D eigenvalue weighted by atomic mass is 35.5. The van der Waals surface area contributed by atoms with Crippen molar-refractivity contribution in [1.29, 1.82) is 0 Å². The third-order valence-electron chi connectivity index (χ3n) is 2.70. The Bertz CT molecular complexity index is 409. The molecule has 18 heavy (non-hydrogen) atoms. The van der Waals surface area contributed by atoms with Crippen LogP contribution in [0.25, 0.3) is 0 Å². The van der Waals surface area contributed by atoms with Gasteiger partial charge in [-0.3, -0.25) is 4.79 Å². The molecule has 1 aromatic carbocycles. The molecule has 0 aliphatic heterocycles. The van der Waals surface area contributed by atoms with Gasteiger partial charge in [0, 0.05) is 24.0 Å². The molecule has 0 aliphatic carbocycles. The van der Waals surface area contributed by atoms with E-state index in [-0.39, 0.29) is 11.9 Å². The summed E-state index contributed by atoms with van der Waals surface area (Å²) in [5.74, 6) is 0.0457. The minimum Gasteiger partial charge on any atom is -0.397 e. The number of nitrogen functional groups attached to an aromatic ring is 1. The maximum atomic E-state index is 11.5. The zero-order chi connectivity index (χ0) is 13.5. The summed E-state index contributed by atoms with van der Waals surface area (Å²) >= 11 is 5.80. The molecule has 4 N–H and O–H groups in total. The first-order valence-electron chi connectivity index (χ1n) is 6.11. The molecule has 0 aromatic heterocycles. The Labute approximate surface area is 113 Å². The van der Waals surface area contributed by atoms with E-state index in [1.807, 2.05) is 19.9 Å². The van der Waals surface area contributed by atoms with E-state index in [9.17, 15) is 4.79 Å². The summed E-state index contributed by atoms with van der Waals surface area (Å²) in [5, 5.41) is 6.63. The lowest BCUT2D eigenvalue weighted by molar-refractivity contribution is -0.121. The minimum atomic E-state index is 0.0457. The Morgan fingerprint density at radius 1 is 1.50 bits per heavy atom. The Morgan fingerprint density at radius 2 is 2.22 bits per heavy atom. The third kappa shape index (κ3) is 4.84. The molecule has 1 unspecified atom stereocenters. The van der Waals surface area contributed by atoms with Crippen LogP contribution in [-0.2, 0) is 4.79 Å². The number of rotatable bonds is 6. The molecule has 0 fully saturated rings. The highest BCUT2D eigenvalue weighted by Crippen LogP contribution is 2.22. The van der Waals surface area contributed by atoms with Crippen molar-refractivity contribution in [2.45, 2.75) is 32.7 Å². The quantitative estimate of drug-likeness (QED) is 0.696. The maximum Gasteiger partial charge on any atom is 0.221 e. The number of hydrogen-bond acceptors (Lipinski definition) is 3. The molecule has 0 radical (unpaired) electrons. The smallest absolute Gasteiger partial charge is 0.221 e. The average Bonchev–Trinajstić information content (AvgIpc) is 2.31. The van der Waals surface area contributed by atoms with Crippen LogP contribution in [0.2, 0.25) is 5.02 Å². The van der Waals surface area contributed by atoms with Crippen LogP contribution in [0.15, 0.2) is 18.2 Å². The van der Waals surface area contributed by atoms with E-state index in [0.29, 0.717) is 23.7 Å². The number of nitrogens with one attached hydrogen (secondary N) is 2. The van der Waals surface area contributed by atoms with Gasteiger partial charge in [-0.15, -0.1) is 0 Å². The predicted molar refractivity (Wildman–Crippen MR) is 76.9 cm³/mol. The van der Waals surface area contributed by atoms with Gasteiger partial charge in [0.1, 0.15) is 0 Å². The molecule has 0 aliphatic rings. The summed E-state index contributed by atoms with van der Waals surface area (Å²) < 4.78 is 0. The lowest BCUT2D eigenvalue weighted by Gasteiger charge is -2.12. The van der Waals surface area contributed by atoms with Crippen molar-refractivity contribution in [2.75, 3.05) is 17.6 Å². The molecule has 0 saturated heterocycles. The Hall–Kier alpha value is -1.42. The summed E-state index contributed by atoms with van der Waals surface area (Å²) in [5.41, 5.74) is 7.18. The van der Waals surface area contributed by atoms with Gasteiger partial charge in [-0.05, 0) is 31.5 Å². The zero-order valence-corrected chi connectivity index (χ0v) is 11.6. The number of amides is 1. The molecular formula is C13H20ClN3O. The number of carbonyl (C=O) groups excluding carboxylic acids is 1. The molecule has 0 spiro atoms. The number of hydrogen-bond donors (Lipinski definition) is 3. The highest BCUT2D eigenvalue weighted by molar-refractivity contribution is 6.31. The van der Waals surface area contributed by atoms with E-state index in [0.717, 1.165) is 12.1 Å². The molecule has 4 nitrogen and oxygen atoms in total. The van der Waals surface area contributed by atoms with Crippen LogP contribution in [0.5, 0.6) is 0 Å². The van der Waals surface area contributed by atoms with E-state index in [1.54, 1.807) is 12.1 Å². The van der Waals surface area contributed by atoms with Crippen LogP contribution in [0, 0.1) is 0 Å². The Balaban J connectivity index is 2.35. The van der Waals surface area contributed by atoms with Crippen LogP contribution in [0.3, 0.4) is 0 Å². The van der Waals surface area contributed by atoms with Gasteiger partial charge < -0.3 is 16.4 Å². The standard InChI is InChI=1S/C13H20ClN3O/c1-3-9(2)17-13(18)6-7-16-12-5-4-10(14)8-11(12)15/h4-5,8-9,16H,3,6-7,15H2,1-2H3,(H,17,18). The van der Waals surface area contributed by atoms with Crippen LogP contribution in [0.4, 0.5) is 11.4 Å². The average molecular weight is 270 g/mol. The van der Waals surface area contributed by atoms with E-state index in [1.165, 1.54) is 0 Å². The summed E-state index contributed by atoms with van der Waals surface area (Å²) in [6, 6.07) is 5.48.